The van der Waals surface area contributed by atoms with E-state index in [1.54, 1.807) is 18.6 Å². The Morgan fingerprint density at radius 1 is 1.26 bits per heavy atom. The molecule has 9 heteroatoms. The number of aromatic amines is 1. The lowest BCUT2D eigenvalue weighted by molar-refractivity contribution is -0.123. The van der Waals surface area contributed by atoms with Crippen molar-refractivity contribution in [2.24, 2.45) is 5.41 Å². The first kappa shape index (κ1) is 20.8. The lowest BCUT2D eigenvalue weighted by Gasteiger charge is -2.28. The number of nitrogens with one attached hydrogen (secondary N) is 2. The van der Waals surface area contributed by atoms with Crippen molar-refractivity contribution in [3.63, 3.8) is 0 Å². The van der Waals surface area contributed by atoms with Crippen molar-refractivity contribution in [2.45, 2.75) is 40.3 Å². The van der Waals surface area contributed by atoms with Crippen LogP contribution in [0.2, 0.25) is 0 Å². The Morgan fingerprint density at radius 3 is 2.77 bits per heavy atom. The summed E-state index contributed by atoms with van der Waals surface area (Å²) in [4.78, 5) is 47.1. The molecule has 160 valence electrons. The minimum absolute atomic E-state index is 0.0884. The monoisotopic (exact) mass is 419 g/mol. The van der Waals surface area contributed by atoms with E-state index in [4.69, 9.17) is 0 Å². The van der Waals surface area contributed by atoms with Gasteiger partial charge in [-0.3, -0.25) is 14.5 Å². The first-order valence-electron chi connectivity index (χ1n) is 10.2. The van der Waals surface area contributed by atoms with Crippen molar-refractivity contribution in [3.8, 4) is 11.4 Å². The molecule has 4 rings (SSSR count). The van der Waals surface area contributed by atoms with Gasteiger partial charge in [0.1, 0.15) is 18.0 Å². The third kappa shape index (κ3) is 4.66. The Morgan fingerprint density at radius 2 is 2.03 bits per heavy atom. The highest BCUT2D eigenvalue weighted by atomic mass is 16.2. The van der Waals surface area contributed by atoms with Gasteiger partial charge in [-0.05, 0) is 6.07 Å². The fourth-order valence-electron chi connectivity index (χ4n) is 3.39. The number of carbonyl (C=O) groups excluding carboxylic acids is 1. The molecule has 0 radical (unpaired) electrons. The Labute approximate surface area is 180 Å². The standard InChI is InChI=1S/C22H25N7O2/c1-22(2,3)21(31)28-18-14(5-4-7-25-18)11-29-8-6-17-16(12-29)20(30)27-19(26-17)15-9-23-13-24-10-15/h4-5,7,9-10,13H,6,8,11-12H2,1-3H3,(H,25,28,31)(H,26,27,30). The van der Waals surface area contributed by atoms with Gasteiger partial charge in [0.05, 0.1) is 16.8 Å². The van der Waals surface area contributed by atoms with Crippen LogP contribution in [0.3, 0.4) is 0 Å². The molecule has 0 saturated heterocycles. The smallest absolute Gasteiger partial charge is 0.255 e. The van der Waals surface area contributed by atoms with Crippen LogP contribution in [0, 0.1) is 5.41 Å². The Kier molecular flexibility index (Phi) is 5.60. The lowest BCUT2D eigenvalue weighted by atomic mass is 9.95. The van der Waals surface area contributed by atoms with Gasteiger partial charge in [-0.25, -0.2) is 19.9 Å². The molecular formula is C22H25N7O2. The fraction of sp³-hybridized carbons (Fsp3) is 0.364. The average Bonchev–Trinajstić information content (AvgIpc) is 2.75. The van der Waals surface area contributed by atoms with Gasteiger partial charge in [0.25, 0.3) is 5.56 Å². The van der Waals surface area contributed by atoms with Gasteiger partial charge in [0.15, 0.2) is 0 Å². The lowest BCUT2D eigenvalue weighted by Crippen LogP contribution is -2.36. The predicted molar refractivity (Wildman–Crippen MR) is 116 cm³/mol. The second-order valence-corrected chi connectivity index (χ2v) is 8.64. The van der Waals surface area contributed by atoms with Gasteiger partial charge in [-0.1, -0.05) is 26.8 Å². The van der Waals surface area contributed by atoms with Gasteiger partial charge in [0.2, 0.25) is 5.91 Å². The molecule has 3 aromatic heterocycles. The van der Waals surface area contributed by atoms with Crippen LogP contribution in [0.4, 0.5) is 5.82 Å². The van der Waals surface area contributed by atoms with E-state index in [1.807, 2.05) is 32.9 Å². The van der Waals surface area contributed by atoms with E-state index in [0.717, 1.165) is 17.8 Å². The summed E-state index contributed by atoms with van der Waals surface area (Å²) in [6, 6.07) is 3.80. The van der Waals surface area contributed by atoms with Crippen LogP contribution in [0.25, 0.3) is 11.4 Å². The summed E-state index contributed by atoms with van der Waals surface area (Å²) in [6.07, 6.45) is 7.01. The van der Waals surface area contributed by atoms with Crippen LogP contribution in [0.15, 0.2) is 41.8 Å². The Hall–Kier alpha value is -3.46. The molecule has 0 unspecified atom stereocenters. The van der Waals surface area contributed by atoms with Crippen molar-refractivity contribution >= 4 is 11.7 Å². The number of anilines is 1. The molecule has 4 heterocycles. The van der Waals surface area contributed by atoms with Crippen molar-refractivity contribution in [2.75, 3.05) is 11.9 Å². The van der Waals surface area contributed by atoms with Gasteiger partial charge in [-0.2, -0.15) is 0 Å². The minimum atomic E-state index is -0.515. The maximum atomic E-state index is 12.7. The Balaban J connectivity index is 1.53. The van der Waals surface area contributed by atoms with Crippen molar-refractivity contribution in [3.05, 3.63) is 64.2 Å². The number of hydrogen-bond donors (Lipinski definition) is 2. The number of rotatable bonds is 4. The number of hydrogen-bond acceptors (Lipinski definition) is 7. The zero-order chi connectivity index (χ0) is 22.0. The molecule has 0 aliphatic carbocycles. The minimum Gasteiger partial charge on any atom is -0.310 e. The van der Waals surface area contributed by atoms with Crippen molar-refractivity contribution < 1.29 is 4.79 Å². The second-order valence-electron chi connectivity index (χ2n) is 8.64. The van der Waals surface area contributed by atoms with Crippen LogP contribution in [0.5, 0.6) is 0 Å². The van der Waals surface area contributed by atoms with Gasteiger partial charge >= 0.3 is 0 Å². The summed E-state index contributed by atoms with van der Waals surface area (Å²) in [6.45, 7) is 7.38. The molecule has 0 spiro atoms. The zero-order valence-corrected chi connectivity index (χ0v) is 17.8. The number of amides is 1. The number of fused-ring (bicyclic) bond motifs is 1. The summed E-state index contributed by atoms with van der Waals surface area (Å²) in [5.41, 5.74) is 2.38. The number of carbonyl (C=O) groups is 1. The van der Waals surface area contributed by atoms with Gasteiger partial charge in [0, 0.05) is 55.6 Å². The van der Waals surface area contributed by atoms with Crippen LogP contribution < -0.4 is 10.9 Å². The van der Waals surface area contributed by atoms with Crippen LogP contribution in [-0.2, 0) is 24.3 Å². The van der Waals surface area contributed by atoms with Crippen LogP contribution in [-0.4, -0.2) is 42.3 Å². The molecule has 9 nitrogen and oxygen atoms in total. The number of pyridine rings is 1. The highest BCUT2D eigenvalue weighted by Crippen LogP contribution is 2.23. The molecule has 0 fully saturated rings. The maximum absolute atomic E-state index is 12.7. The van der Waals surface area contributed by atoms with E-state index in [1.165, 1.54) is 6.33 Å². The van der Waals surface area contributed by atoms with Gasteiger partial charge < -0.3 is 10.3 Å². The van der Waals surface area contributed by atoms with Crippen LogP contribution in [0.1, 0.15) is 37.6 Å². The molecule has 0 atom stereocenters. The van der Waals surface area contributed by atoms with E-state index < -0.39 is 5.41 Å². The van der Waals surface area contributed by atoms with E-state index >= 15 is 0 Å². The van der Waals surface area contributed by atoms with E-state index in [-0.39, 0.29) is 11.5 Å². The zero-order valence-electron chi connectivity index (χ0n) is 17.8. The highest BCUT2D eigenvalue weighted by molar-refractivity contribution is 5.94. The quantitative estimate of drug-likeness (QED) is 0.665. The molecule has 3 aromatic rings. The summed E-state index contributed by atoms with van der Waals surface area (Å²) < 4.78 is 0. The Bertz CT molecular complexity index is 1150. The molecule has 1 aliphatic heterocycles. The first-order chi connectivity index (χ1) is 14.8. The first-order valence-corrected chi connectivity index (χ1v) is 10.2. The highest BCUT2D eigenvalue weighted by Gasteiger charge is 2.25. The number of aromatic nitrogens is 5. The topological polar surface area (TPSA) is 117 Å². The average molecular weight is 419 g/mol. The third-order valence-corrected chi connectivity index (χ3v) is 5.18. The van der Waals surface area contributed by atoms with Crippen molar-refractivity contribution in [1.82, 2.24) is 29.8 Å². The largest absolute Gasteiger partial charge is 0.310 e. The maximum Gasteiger partial charge on any atom is 0.255 e. The summed E-state index contributed by atoms with van der Waals surface area (Å²) in [5, 5.41) is 2.93. The summed E-state index contributed by atoms with van der Waals surface area (Å²) >= 11 is 0. The van der Waals surface area contributed by atoms with E-state index in [9.17, 15) is 9.59 Å². The molecule has 0 aromatic carbocycles. The molecule has 1 amide bonds. The van der Waals surface area contributed by atoms with E-state index in [0.29, 0.717) is 42.3 Å². The normalized spacial score (nSPS) is 14.2. The second kappa shape index (κ2) is 8.35. The van der Waals surface area contributed by atoms with Crippen LogP contribution >= 0.6 is 0 Å². The van der Waals surface area contributed by atoms with Gasteiger partial charge in [-0.15, -0.1) is 0 Å². The number of nitrogens with zero attached hydrogens (tertiary/aromatic N) is 5. The molecular weight excluding hydrogens is 394 g/mol. The SMILES string of the molecule is CC(C)(C)C(=O)Nc1ncccc1CN1CCc2nc(-c3cncnc3)[nH]c(=O)c2C1. The van der Waals surface area contributed by atoms with Crippen molar-refractivity contribution in [1.29, 1.82) is 0 Å². The fourth-order valence-corrected chi connectivity index (χ4v) is 3.39. The number of H-pyrrole nitrogens is 1. The molecule has 0 bridgehead atoms. The predicted octanol–water partition coefficient (Wildman–Crippen LogP) is 2.16. The third-order valence-electron chi connectivity index (χ3n) is 5.18. The molecule has 31 heavy (non-hydrogen) atoms. The molecule has 0 saturated carbocycles. The summed E-state index contributed by atoms with van der Waals surface area (Å²) in [5.74, 6) is 0.950. The summed E-state index contributed by atoms with van der Waals surface area (Å²) in [7, 11) is 0. The van der Waals surface area contributed by atoms with E-state index in [2.05, 4.69) is 35.1 Å². The molecule has 2 N–H and O–H groups in total. The molecule has 1 aliphatic rings.